The van der Waals surface area contributed by atoms with Gasteiger partial charge in [-0.2, -0.15) is 0 Å². The van der Waals surface area contributed by atoms with Crippen molar-refractivity contribution in [2.45, 2.75) is 6.42 Å². The maximum atomic E-state index is 12.1. The lowest BCUT2D eigenvalue weighted by atomic mass is 10.1. The predicted octanol–water partition coefficient (Wildman–Crippen LogP) is 0.545. The van der Waals surface area contributed by atoms with Gasteiger partial charge in [-0.05, 0) is 12.5 Å². The summed E-state index contributed by atoms with van der Waals surface area (Å²) in [4.78, 5) is 17.8. The quantitative estimate of drug-likeness (QED) is 0.832. The molecule has 1 aliphatic rings. The Bertz CT molecular complexity index is 391. The molecule has 17 heavy (non-hydrogen) atoms. The number of aliphatic hydroxyl groups is 1. The molecule has 0 spiro atoms. The number of hydrogen-bond donors (Lipinski definition) is 1. The molecule has 1 aliphatic heterocycles. The molecular weight excluding hydrogens is 220 g/mol. The number of nitrogens with zero attached hydrogens (tertiary/aromatic N) is 2. The fraction of sp³-hybridized carbons (Fsp3) is 0.500. The summed E-state index contributed by atoms with van der Waals surface area (Å²) < 4.78 is 4.94. The summed E-state index contributed by atoms with van der Waals surface area (Å²) in [5, 5.41) is 9.04. The number of ether oxygens (including phenoxy) is 1. The van der Waals surface area contributed by atoms with Crippen molar-refractivity contribution in [3.63, 3.8) is 0 Å². The number of carbonyl (C=O) groups excluding carboxylic acids is 1. The van der Waals surface area contributed by atoms with E-state index in [0.717, 1.165) is 6.42 Å². The topological polar surface area (TPSA) is 62.7 Å². The second kappa shape index (κ2) is 5.14. The van der Waals surface area contributed by atoms with Crippen LogP contribution in [0.5, 0.6) is 5.88 Å². The number of amides is 1. The number of likely N-dealkylation sites (tertiary alicyclic amines) is 1. The molecule has 0 saturated carbocycles. The first-order valence-corrected chi connectivity index (χ1v) is 5.64. The summed E-state index contributed by atoms with van der Waals surface area (Å²) in [6.45, 7) is 1.47. The van der Waals surface area contributed by atoms with Gasteiger partial charge in [0.05, 0.1) is 12.7 Å². The van der Waals surface area contributed by atoms with E-state index in [-0.39, 0.29) is 18.4 Å². The van der Waals surface area contributed by atoms with Gasteiger partial charge in [0.2, 0.25) is 5.88 Å². The molecular formula is C12H16N2O3. The molecule has 1 aromatic heterocycles. The Kier molecular flexibility index (Phi) is 3.58. The second-order valence-electron chi connectivity index (χ2n) is 4.18. The van der Waals surface area contributed by atoms with Crippen LogP contribution in [0.2, 0.25) is 0 Å². The molecule has 1 unspecified atom stereocenters. The Balaban J connectivity index is 2.04. The first-order valence-electron chi connectivity index (χ1n) is 5.64. The van der Waals surface area contributed by atoms with Crippen LogP contribution >= 0.6 is 0 Å². The molecule has 2 rings (SSSR count). The molecule has 92 valence electrons. The number of pyridine rings is 1. The van der Waals surface area contributed by atoms with Gasteiger partial charge < -0.3 is 14.7 Å². The Hall–Kier alpha value is -1.62. The van der Waals surface area contributed by atoms with Gasteiger partial charge in [0.1, 0.15) is 0 Å². The zero-order valence-corrected chi connectivity index (χ0v) is 9.80. The number of aromatic nitrogens is 1. The normalized spacial score (nSPS) is 19.4. The zero-order valence-electron chi connectivity index (χ0n) is 9.80. The Morgan fingerprint density at radius 3 is 3.00 bits per heavy atom. The molecule has 1 aromatic rings. The van der Waals surface area contributed by atoms with Crippen molar-refractivity contribution in [3.05, 3.63) is 23.9 Å². The molecule has 1 saturated heterocycles. The fourth-order valence-electron chi connectivity index (χ4n) is 1.98. The number of hydrogen-bond acceptors (Lipinski definition) is 4. The highest BCUT2D eigenvalue weighted by atomic mass is 16.5. The van der Waals surface area contributed by atoms with Gasteiger partial charge >= 0.3 is 0 Å². The highest BCUT2D eigenvalue weighted by Crippen LogP contribution is 2.18. The van der Waals surface area contributed by atoms with Crippen LogP contribution in [0.4, 0.5) is 0 Å². The Morgan fingerprint density at radius 1 is 1.65 bits per heavy atom. The minimum atomic E-state index is -0.0314. The van der Waals surface area contributed by atoms with Crippen LogP contribution in [0.1, 0.15) is 16.8 Å². The van der Waals surface area contributed by atoms with Crippen molar-refractivity contribution in [1.82, 2.24) is 9.88 Å². The molecule has 1 atom stereocenters. The van der Waals surface area contributed by atoms with E-state index in [4.69, 9.17) is 9.84 Å². The standard InChI is InChI=1S/C12H16N2O3/c1-17-11-3-2-10(6-13-11)12(16)14-5-4-9(7-14)8-15/h2-3,6,9,15H,4-5,7-8H2,1H3. The average Bonchev–Trinajstić information content (AvgIpc) is 2.87. The highest BCUT2D eigenvalue weighted by molar-refractivity contribution is 5.94. The highest BCUT2D eigenvalue weighted by Gasteiger charge is 2.26. The van der Waals surface area contributed by atoms with Gasteiger partial charge in [-0.3, -0.25) is 4.79 Å². The van der Waals surface area contributed by atoms with E-state index < -0.39 is 0 Å². The average molecular weight is 236 g/mol. The van der Waals surface area contributed by atoms with E-state index in [9.17, 15) is 4.79 Å². The molecule has 0 aromatic carbocycles. The Morgan fingerprint density at radius 2 is 2.47 bits per heavy atom. The van der Waals surface area contributed by atoms with Gasteiger partial charge in [0.15, 0.2) is 0 Å². The van der Waals surface area contributed by atoms with Crippen LogP contribution in [-0.2, 0) is 0 Å². The molecule has 1 amide bonds. The summed E-state index contributed by atoms with van der Waals surface area (Å²) in [5.74, 6) is 0.678. The lowest BCUT2D eigenvalue weighted by Crippen LogP contribution is -2.29. The number of methoxy groups -OCH3 is 1. The summed E-state index contributed by atoms with van der Waals surface area (Å²) in [6, 6.07) is 3.38. The fourth-order valence-corrected chi connectivity index (χ4v) is 1.98. The van der Waals surface area contributed by atoms with Crippen molar-refractivity contribution in [2.24, 2.45) is 5.92 Å². The van der Waals surface area contributed by atoms with Crippen molar-refractivity contribution >= 4 is 5.91 Å². The maximum absolute atomic E-state index is 12.1. The Labute approximate surface area is 100 Å². The van der Waals surface area contributed by atoms with Gasteiger partial charge in [0.25, 0.3) is 5.91 Å². The summed E-state index contributed by atoms with van der Waals surface area (Å²) in [7, 11) is 1.54. The van der Waals surface area contributed by atoms with Crippen molar-refractivity contribution < 1.29 is 14.6 Å². The lowest BCUT2D eigenvalue weighted by molar-refractivity contribution is 0.0781. The van der Waals surface area contributed by atoms with E-state index in [2.05, 4.69) is 4.98 Å². The first kappa shape index (κ1) is 11.9. The zero-order chi connectivity index (χ0) is 12.3. The molecule has 2 heterocycles. The first-order chi connectivity index (χ1) is 8.24. The SMILES string of the molecule is COc1ccc(C(=O)N2CCC(CO)C2)cn1. The van der Waals surface area contributed by atoms with E-state index in [1.165, 1.54) is 13.3 Å². The monoisotopic (exact) mass is 236 g/mol. The van der Waals surface area contributed by atoms with E-state index >= 15 is 0 Å². The predicted molar refractivity (Wildman–Crippen MR) is 61.9 cm³/mol. The van der Waals surface area contributed by atoms with Gasteiger partial charge in [-0.25, -0.2) is 4.98 Å². The third kappa shape index (κ3) is 2.55. The third-order valence-corrected chi connectivity index (χ3v) is 3.02. The number of carbonyl (C=O) groups is 1. The second-order valence-corrected chi connectivity index (χ2v) is 4.18. The van der Waals surface area contributed by atoms with Gasteiger partial charge in [-0.1, -0.05) is 0 Å². The molecule has 0 aliphatic carbocycles. The van der Waals surface area contributed by atoms with E-state index in [0.29, 0.717) is 24.5 Å². The molecule has 5 heteroatoms. The smallest absolute Gasteiger partial charge is 0.255 e. The lowest BCUT2D eigenvalue weighted by Gasteiger charge is -2.15. The number of aliphatic hydroxyl groups excluding tert-OH is 1. The summed E-state index contributed by atoms with van der Waals surface area (Å²) in [5.41, 5.74) is 0.560. The summed E-state index contributed by atoms with van der Waals surface area (Å²) >= 11 is 0. The maximum Gasteiger partial charge on any atom is 0.255 e. The van der Waals surface area contributed by atoms with Crippen molar-refractivity contribution in [1.29, 1.82) is 0 Å². The molecule has 0 radical (unpaired) electrons. The molecule has 1 fully saturated rings. The van der Waals surface area contributed by atoms with E-state index in [1.807, 2.05) is 0 Å². The van der Waals surface area contributed by atoms with Crippen LogP contribution in [0.25, 0.3) is 0 Å². The van der Waals surface area contributed by atoms with Crippen LogP contribution in [0, 0.1) is 5.92 Å². The van der Waals surface area contributed by atoms with Gasteiger partial charge in [0, 0.05) is 37.9 Å². The van der Waals surface area contributed by atoms with Gasteiger partial charge in [-0.15, -0.1) is 0 Å². The molecule has 5 nitrogen and oxygen atoms in total. The largest absolute Gasteiger partial charge is 0.481 e. The van der Waals surface area contributed by atoms with Crippen LogP contribution in [-0.4, -0.2) is 47.7 Å². The van der Waals surface area contributed by atoms with Crippen LogP contribution in [0.3, 0.4) is 0 Å². The van der Waals surface area contributed by atoms with Crippen LogP contribution < -0.4 is 4.74 Å². The summed E-state index contributed by atoms with van der Waals surface area (Å²) in [6.07, 6.45) is 2.39. The number of rotatable bonds is 3. The minimum absolute atomic E-state index is 0.0314. The van der Waals surface area contributed by atoms with Crippen LogP contribution in [0.15, 0.2) is 18.3 Å². The molecule has 0 bridgehead atoms. The molecule has 1 N–H and O–H groups in total. The van der Waals surface area contributed by atoms with Crippen molar-refractivity contribution in [3.8, 4) is 5.88 Å². The van der Waals surface area contributed by atoms with E-state index in [1.54, 1.807) is 17.0 Å². The van der Waals surface area contributed by atoms with Crippen molar-refractivity contribution in [2.75, 3.05) is 26.8 Å². The minimum Gasteiger partial charge on any atom is -0.481 e. The third-order valence-electron chi connectivity index (χ3n) is 3.02.